The highest BCUT2D eigenvalue weighted by molar-refractivity contribution is 8.15. The van der Waals surface area contributed by atoms with Crippen molar-refractivity contribution < 1.29 is 13.2 Å². The summed E-state index contributed by atoms with van der Waals surface area (Å²) in [5, 5.41) is 5.93. The minimum atomic E-state index is -3.39. The summed E-state index contributed by atoms with van der Waals surface area (Å²) in [5.41, 5.74) is 2.39. The van der Waals surface area contributed by atoms with E-state index in [1.54, 1.807) is 12.1 Å². The van der Waals surface area contributed by atoms with Gasteiger partial charge in [0.1, 0.15) is 0 Å². The summed E-state index contributed by atoms with van der Waals surface area (Å²) in [7, 11) is -3.39. The largest absolute Gasteiger partial charge is 0.318 e. The number of nitrogens with one attached hydrogen (secondary N) is 1. The van der Waals surface area contributed by atoms with E-state index in [4.69, 9.17) is 0 Å². The molecule has 1 N–H and O–H groups in total. The van der Waals surface area contributed by atoms with Crippen LogP contribution in [0.2, 0.25) is 0 Å². The summed E-state index contributed by atoms with van der Waals surface area (Å²) in [6, 6.07) is 5.38. The van der Waals surface area contributed by atoms with Crippen molar-refractivity contribution in [1.82, 2.24) is 9.88 Å². The number of nitrogens with zero attached hydrogens (tertiary/aromatic N) is 4. The number of sulfonamides is 1. The number of carbonyl (C=O) groups excluding carboxylic acids is 1. The second-order valence-corrected chi connectivity index (χ2v) is 11.2. The Hall–Kier alpha value is -1.95. The highest BCUT2D eigenvalue weighted by Gasteiger charge is 2.33. The molecule has 5 rings (SSSR count). The molecule has 2 aromatic rings. The van der Waals surface area contributed by atoms with Crippen LogP contribution >= 0.6 is 23.1 Å². The minimum absolute atomic E-state index is 0.00253. The SMILES string of the molecule is O=C(Nc1nc(CN2CCCCC2)cs1)c1ccc2c(c1)SC1=NS(=O)(=O)CCN12. The molecule has 0 atom stereocenters. The molecular weight excluding hydrogens is 442 g/mol. The number of likely N-dealkylation sites (tertiary alicyclic amines) is 1. The molecule has 3 aliphatic rings. The van der Waals surface area contributed by atoms with Crippen molar-refractivity contribution in [2.45, 2.75) is 30.7 Å². The highest BCUT2D eigenvalue weighted by Crippen LogP contribution is 2.42. The van der Waals surface area contributed by atoms with Crippen LogP contribution in [0.15, 0.2) is 32.9 Å². The van der Waals surface area contributed by atoms with Crippen molar-refractivity contribution >= 4 is 55.0 Å². The van der Waals surface area contributed by atoms with Crippen LogP contribution in [0.5, 0.6) is 0 Å². The lowest BCUT2D eigenvalue weighted by atomic mass is 10.1. The number of fused-ring (bicyclic) bond motifs is 3. The molecule has 0 aliphatic carbocycles. The van der Waals surface area contributed by atoms with E-state index in [0.29, 0.717) is 22.4 Å². The van der Waals surface area contributed by atoms with Gasteiger partial charge in [0.05, 0.1) is 17.1 Å². The van der Waals surface area contributed by atoms with Crippen molar-refractivity contribution in [1.29, 1.82) is 0 Å². The number of amidine groups is 1. The third-order valence-corrected chi connectivity index (χ3v) is 8.45. The van der Waals surface area contributed by atoms with Gasteiger partial charge in [-0.2, -0.15) is 0 Å². The molecule has 11 heteroatoms. The molecule has 0 unspecified atom stereocenters. The number of aromatic nitrogens is 1. The summed E-state index contributed by atoms with van der Waals surface area (Å²) in [6.07, 6.45) is 3.77. The summed E-state index contributed by atoms with van der Waals surface area (Å²) < 4.78 is 27.3. The zero-order valence-electron chi connectivity index (χ0n) is 16.2. The van der Waals surface area contributed by atoms with Gasteiger partial charge in [0.25, 0.3) is 15.9 Å². The Bertz CT molecular complexity index is 1120. The molecule has 4 heterocycles. The number of thioether (sulfide) groups is 1. The van der Waals surface area contributed by atoms with Gasteiger partial charge in [0.2, 0.25) is 0 Å². The Morgan fingerprint density at radius 2 is 2.00 bits per heavy atom. The Kier molecular flexibility index (Phi) is 5.30. The third-order valence-electron chi connectivity index (χ3n) is 5.34. The van der Waals surface area contributed by atoms with E-state index in [0.717, 1.165) is 35.9 Å². The fraction of sp³-hybridized carbons (Fsp3) is 0.421. The molecule has 30 heavy (non-hydrogen) atoms. The molecule has 0 saturated carbocycles. The topological polar surface area (TPSA) is 95.0 Å². The number of hydrogen-bond acceptors (Lipinski definition) is 8. The molecule has 0 radical (unpaired) electrons. The summed E-state index contributed by atoms with van der Waals surface area (Å²) in [5.74, 6) is -0.223. The first-order valence-electron chi connectivity index (χ1n) is 9.87. The van der Waals surface area contributed by atoms with Crippen LogP contribution < -0.4 is 10.2 Å². The predicted molar refractivity (Wildman–Crippen MR) is 120 cm³/mol. The second kappa shape index (κ2) is 7.95. The zero-order valence-corrected chi connectivity index (χ0v) is 18.7. The smallest absolute Gasteiger partial charge is 0.257 e. The lowest BCUT2D eigenvalue weighted by Crippen LogP contribution is -2.35. The van der Waals surface area contributed by atoms with Crippen LogP contribution in [0.3, 0.4) is 0 Å². The fourth-order valence-electron chi connectivity index (χ4n) is 3.82. The van der Waals surface area contributed by atoms with Gasteiger partial charge in [0.15, 0.2) is 10.3 Å². The van der Waals surface area contributed by atoms with E-state index in [1.165, 1.54) is 42.4 Å². The molecular formula is C19H21N5O3S3. The normalized spacial score (nSPS) is 20.4. The maximum Gasteiger partial charge on any atom is 0.257 e. The van der Waals surface area contributed by atoms with Gasteiger partial charge in [-0.05, 0) is 55.9 Å². The van der Waals surface area contributed by atoms with Crippen LogP contribution in [0.1, 0.15) is 35.3 Å². The van der Waals surface area contributed by atoms with Crippen LogP contribution in [0.4, 0.5) is 10.8 Å². The third kappa shape index (κ3) is 4.11. The van der Waals surface area contributed by atoms with Gasteiger partial charge < -0.3 is 4.90 Å². The van der Waals surface area contributed by atoms with Gasteiger partial charge in [-0.25, -0.2) is 13.4 Å². The van der Waals surface area contributed by atoms with Gasteiger partial charge in [-0.1, -0.05) is 6.42 Å². The molecule has 0 bridgehead atoms. The Balaban J connectivity index is 1.27. The molecule has 1 fully saturated rings. The number of anilines is 2. The number of thiazole rings is 1. The molecule has 1 amide bonds. The van der Waals surface area contributed by atoms with Crippen molar-refractivity contribution in [3.05, 3.63) is 34.8 Å². The standard InChI is InChI=1S/C19H21N5O3S3/c25-17(21-18-20-14(12-28-18)11-23-6-2-1-3-7-23)13-4-5-15-16(10-13)29-19-22-30(26,27)9-8-24(15)19/h4-5,10,12H,1-3,6-9,11H2,(H,20,21,25). The molecule has 1 aromatic heterocycles. The molecule has 158 valence electrons. The van der Waals surface area contributed by atoms with Crippen LogP contribution in [-0.2, 0) is 16.6 Å². The minimum Gasteiger partial charge on any atom is -0.318 e. The molecule has 1 saturated heterocycles. The first-order valence-corrected chi connectivity index (χ1v) is 13.2. The molecule has 3 aliphatic heterocycles. The highest BCUT2D eigenvalue weighted by atomic mass is 32.2. The molecule has 1 aromatic carbocycles. The van der Waals surface area contributed by atoms with Crippen molar-refractivity contribution in [3.63, 3.8) is 0 Å². The summed E-state index contributed by atoms with van der Waals surface area (Å²) in [6.45, 7) is 3.42. The predicted octanol–water partition coefficient (Wildman–Crippen LogP) is 2.99. The van der Waals surface area contributed by atoms with Crippen LogP contribution in [0, 0.1) is 0 Å². The van der Waals surface area contributed by atoms with E-state index < -0.39 is 10.0 Å². The Morgan fingerprint density at radius 1 is 1.17 bits per heavy atom. The Labute approximate surface area is 183 Å². The summed E-state index contributed by atoms with van der Waals surface area (Å²) in [4.78, 5) is 22.4. The summed E-state index contributed by atoms with van der Waals surface area (Å²) >= 11 is 2.72. The zero-order chi connectivity index (χ0) is 20.7. The Morgan fingerprint density at radius 3 is 2.83 bits per heavy atom. The number of piperidine rings is 1. The maximum absolute atomic E-state index is 12.7. The second-order valence-electron chi connectivity index (χ2n) is 7.53. The van der Waals surface area contributed by atoms with Crippen molar-refractivity contribution in [2.24, 2.45) is 4.40 Å². The fourth-order valence-corrected chi connectivity index (χ4v) is 6.82. The van der Waals surface area contributed by atoms with Gasteiger partial charge in [0, 0.05) is 28.9 Å². The van der Waals surface area contributed by atoms with Crippen LogP contribution in [0.25, 0.3) is 0 Å². The van der Waals surface area contributed by atoms with Crippen molar-refractivity contribution in [2.75, 3.05) is 35.6 Å². The monoisotopic (exact) mass is 463 g/mol. The number of amides is 1. The average Bonchev–Trinajstić information content (AvgIpc) is 3.30. The van der Waals surface area contributed by atoms with E-state index in [9.17, 15) is 13.2 Å². The van der Waals surface area contributed by atoms with Gasteiger partial charge >= 0.3 is 0 Å². The van der Waals surface area contributed by atoms with E-state index in [-0.39, 0.29) is 11.7 Å². The maximum atomic E-state index is 12.7. The van der Waals surface area contributed by atoms with Crippen LogP contribution in [-0.4, -0.2) is 54.8 Å². The first-order chi connectivity index (χ1) is 14.5. The van der Waals surface area contributed by atoms with E-state index in [1.807, 2.05) is 16.3 Å². The van der Waals surface area contributed by atoms with E-state index in [2.05, 4.69) is 19.6 Å². The average molecular weight is 464 g/mol. The van der Waals surface area contributed by atoms with E-state index >= 15 is 0 Å². The number of benzene rings is 1. The molecule has 8 nitrogen and oxygen atoms in total. The molecule has 0 spiro atoms. The quantitative estimate of drug-likeness (QED) is 0.745. The van der Waals surface area contributed by atoms with Gasteiger partial charge in [-0.15, -0.1) is 15.7 Å². The first kappa shape index (κ1) is 20.0. The number of rotatable bonds is 4. The van der Waals surface area contributed by atoms with Crippen molar-refractivity contribution in [3.8, 4) is 0 Å². The van der Waals surface area contributed by atoms with Gasteiger partial charge in [-0.3, -0.25) is 15.0 Å². The number of carbonyl (C=O) groups is 1. The number of hydrogen-bond donors (Lipinski definition) is 1. The lowest BCUT2D eigenvalue weighted by molar-refractivity contribution is 0.102. The lowest BCUT2D eigenvalue weighted by Gasteiger charge is -2.25.